The molecule has 2 nitrogen and oxygen atoms in total. The first-order valence-corrected chi connectivity index (χ1v) is 6.76. The average molecular weight is 302 g/mol. The Kier molecular flexibility index (Phi) is 2.92. The Labute approximate surface area is 114 Å². The molecule has 0 bridgehead atoms. The molecule has 0 N–H and O–H groups in total. The van der Waals surface area contributed by atoms with E-state index < -0.39 is 0 Å². The van der Waals surface area contributed by atoms with Crippen LogP contribution in [0.2, 0.25) is 0 Å². The van der Waals surface area contributed by atoms with Crippen molar-refractivity contribution in [1.82, 2.24) is 5.16 Å². The van der Waals surface area contributed by atoms with Crippen LogP contribution < -0.4 is 0 Å². The number of alkyl halides is 1. The maximum Gasteiger partial charge on any atom is 0.174 e. The van der Waals surface area contributed by atoms with Crippen LogP contribution in [0.25, 0.3) is 22.2 Å². The summed E-state index contributed by atoms with van der Waals surface area (Å²) in [6.45, 7) is 2.09. The maximum absolute atomic E-state index is 5.52. The molecule has 1 atom stereocenters. The first-order valence-electron chi connectivity index (χ1n) is 5.85. The van der Waals surface area contributed by atoms with Crippen LogP contribution in [0.3, 0.4) is 0 Å². The predicted octanol–water partition coefficient (Wildman–Crippen LogP) is 4.95. The molecule has 0 radical (unpaired) electrons. The van der Waals surface area contributed by atoms with E-state index in [4.69, 9.17) is 4.52 Å². The molecular weight excluding hydrogens is 290 g/mol. The SMILES string of the molecule is CC(Br)c1cccc2c(-c3ccccc3)onc12. The van der Waals surface area contributed by atoms with E-state index in [9.17, 15) is 0 Å². The molecule has 0 spiro atoms. The Hall–Kier alpha value is -1.61. The summed E-state index contributed by atoms with van der Waals surface area (Å²) in [5.41, 5.74) is 3.14. The molecular formula is C15H12BrNO. The number of hydrogen-bond donors (Lipinski definition) is 0. The molecule has 0 aliphatic heterocycles. The number of hydrogen-bond acceptors (Lipinski definition) is 2. The molecule has 2 aromatic carbocycles. The van der Waals surface area contributed by atoms with Gasteiger partial charge in [-0.05, 0) is 18.6 Å². The second-order valence-corrected chi connectivity index (χ2v) is 5.61. The van der Waals surface area contributed by atoms with Gasteiger partial charge in [-0.1, -0.05) is 63.6 Å². The number of nitrogens with zero attached hydrogens (tertiary/aromatic N) is 1. The van der Waals surface area contributed by atoms with Gasteiger partial charge < -0.3 is 4.52 Å². The second kappa shape index (κ2) is 4.58. The summed E-state index contributed by atoms with van der Waals surface area (Å²) in [7, 11) is 0. The van der Waals surface area contributed by atoms with Gasteiger partial charge in [0.1, 0.15) is 5.52 Å². The van der Waals surface area contributed by atoms with E-state index in [1.54, 1.807) is 0 Å². The fourth-order valence-electron chi connectivity index (χ4n) is 2.11. The van der Waals surface area contributed by atoms with Gasteiger partial charge in [-0.25, -0.2) is 0 Å². The van der Waals surface area contributed by atoms with Crippen LogP contribution in [0.5, 0.6) is 0 Å². The smallest absolute Gasteiger partial charge is 0.174 e. The molecule has 3 rings (SSSR count). The zero-order valence-corrected chi connectivity index (χ0v) is 11.5. The van der Waals surface area contributed by atoms with Gasteiger partial charge in [0.25, 0.3) is 0 Å². The molecule has 90 valence electrons. The van der Waals surface area contributed by atoms with Crippen molar-refractivity contribution < 1.29 is 4.52 Å². The van der Waals surface area contributed by atoms with Crippen LogP contribution in [0.15, 0.2) is 53.1 Å². The molecule has 0 aliphatic carbocycles. The third-order valence-corrected chi connectivity index (χ3v) is 3.50. The topological polar surface area (TPSA) is 26.0 Å². The van der Waals surface area contributed by atoms with Gasteiger partial charge in [-0.2, -0.15) is 0 Å². The fourth-order valence-corrected chi connectivity index (χ4v) is 2.48. The molecule has 1 aromatic heterocycles. The van der Waals surface area contributed by atoms with Crippen LogP contribution >= 0.6 is 15.9 Å². The van der Waals surface area contributed by atoms with Crippen LogP contribution in [0.1, 0.15) is 17.3 Å². The van der Waals surface area contributed by atoms with Crippen molar-refractivity contribution in [3.63, 3.8) is 0 Å². The minimum absolute atomic E-state index is 0.259. The largest absolute Gasteiger partial charge is 0.355 e. The summed E-state index contributed by atoms with van der Waals surface area (Å²) in [6.07, 6.45) is 0. The normalized spacial score (nSPS) is 12.8. The van der Waals surface area contributed by atoms with Crippen LogP contribution in [-0.2, 0) is 0 Å². The zero-order valence-electron chi connectivity index (χ0n) is 9.93. The third-order valence-electron chi connectivity index (χ3n) is 3.00. The highest BCUT2D eigenvalue weighted by molar-refractivity contribution is 9.09. The van der Waals surface area contributed by atoms with Crippen molar-refractivity contribution in [2.45, 2.75) is 11.8 Å². The van der Waals surface area contributed by atoms with Crippen molar-refractivity contribution in [3.8, 4) is 11.3 Å². The highest BCUT2D eigenvalue weighted by Gasteiger charge is 2.14. The van der Waals surface area contributed by atoms with E-state index in [0.717, 1.165) is 27.8 Å². The van der Waals surface area contributed by atoms with Crippen molar-refractivity contribution in [2.24, 2.45) is 0 Å². The summed E-state index contributed by atoms with van der Waals surface area (Å²) in [6, 6.07) is 16.2. The standard InChI is InChI=1S/C15H12BrNO/c1-10(16)12-8-5-9-13-14(12)17-18-15(13)11-6-3-2-4-7-11/h2-10H,1H3. The molecule has 0 aliphatic rings. The van der Waals surface area contributed by atoms with E-state index in [-0.39, 0.29) is 4.83 Å². The van der Waals surface area contributed by atoms with Crippen LogP contribution in [-0.4, -0.2) is 5.16 Å². The van der Waals surface area contributed by atoms with Gasteiger partial charge in [0.05, 0.1) is 5.39 Å². The summed E-state index contributed by atoms with van der Waals surface area (Å²) in [5.74, 6) is 0.834. The number of rotatable bonds is 2. The van der Waals surface area contributed by atoms with E-state index in [0.29, 0.717) is 0 Å². The van der Waals surface area contributed by atoms with Crippen molar-refractivity contribution in [1.29, 1.82) is 0 Å². The van der Waals surface area contributed by atoms with Crippen LogP contribution in [0.4, 0.5) is 0 Å². The molecule has 0 saturated carbocycles. The lowest BCUT2D eigenvalue weighted by Crippen LogP contribution is -1.85. The van der Waals surface area contributed by atoms with E-state index in [1.165, 1.54) is 0 Å². The Bertz CT molecular complexity index is 673. The van der Waals surface area contributed by atoms with E-state index in [1.807, 2.05) is 42.5 Å². The van der Waals surface area contributed by atoms with Crippen LogP contribution in [0, 0.1) is 0 Å². The Balaban J connectivity index is 2.25. The Morgan fingerprint density at radius 3 is 2.56 bits per heavy atom. The van der Waals surface area contributed by atoms with E-state index >= 15 is 0 Å². The third kappa shape index (κ3) is 1.85. The first kappa shape index (κ1) is 11.5. The lowest BCUT2D eigenvalue weighted by Gasteiger charge is -2.03. The van der Waals surface area contributed by atoms with Gasteiger partial charge in [0, 0.05) is 10.4 Å². The molecule has 0 fully saturated rings. The molecule has 3 aromatic rings. The van der Waals surface area contributed by atoms with Gasteiger partial charge in [0.2, 0.25) is 0 Å². The van der Waals surface area contributed by atoms with Gasteiger partial charge in [-0.3, -0.25) is 0 Å². The number of fused-ring (bicyclic) bond motifs is 1. The van der Waals surface area contributed by atoms with Gasteiger partial charge in [-0.15, -0.1) is 0 Å². The average Bonchev–Trinajstić information content (AvgIpc) is 2.83. The highest BCUT2D eigenvalue weighted by atomic mass is 79.9. The molecule has 0 saturated heterocycles. The maximum atomic E-state index is 5.52. The molecule has 0 amide bonds. The van der Waals surface area contributed by atoms with Gasteiger partial charge >= 0.3 is 0 Å². The molecule has 1 heterocycles. The number of aromatic nitrogens is 1. The van der Waals surface area contributed by atoms with E-state index in [2.05, 4.69) is 34.1 Å². The van der Waals surface area contributed by atoms with Crippen molar-refractivity contribution >= 4 is 26.8 Å². The summed E-state index contributed by atoms with van der Waals surface area (Å²) < 4.78 is 5.52. The number of halogens is 1. The molecule has 3 heteroatoms. The second-order valence-electron chi connectivity index (χ2n) is 4.24. The monoisotopic (exact) mass is 301 g/mol. The number of benzene rings is 2. The molecule has 18 heavy (non-hydrogen) atoms. The minimum atomic E-state index is 0.259. The lowest BCUT2D eigenvalue weighted by molar-refractivity contribution is 0.440. The lowest BCUT2D eigenvalue weighted by atomic mass is 10.0. The summed E-state index contributed by atoms with van der Waals surface area (Å²) in [5, 5.41) is 5.27. The molecule has 1 unspecified atom stereocenters. The summed E-state index contributed by atoms with van der Waals surface area (Å²) in [4.78, 5) is 0.259. The first-order chi connectivity index (χ1) is 8.77. The predicted molar refractivity (Wildman–Crippen MR) is 76.8 cm³/mol. The van der Waals surface area contributed by atoms with Crippen molar-refractivity contribution in [3.05, 3.63) is 54.1 Å². The van der Waals surface area contributed by atoms with Gasteiger partial charge in [0.15, 0.2) is 5.76 Å². The minimum Gasteiger partial charge on any atom is -0.355 e. The Morgan fingerprint density at radius 1 is 1.06 bits per heavy atom. The summed E-state index contributed by atoms with van der Waals surface area (Å²) >= 11 is 3.59. The zero-order chi connectivity index (χ0) is 12.5. The highest BCUT2D eigenvalue weighted by Crippen LogP contribution is 2.34. The Morgan fingerprint density at radius 2 is 1.83 bits per heavy atom. The van der Waals surface area contributed by atoms with Crippen molar-refractivity contribution in [2.75, 3.05) is 0 Å². The fraction of sp³-hybridized carbons (Fsp3) is 0.133. The quantitative estimate of drug-likeness (QED) is 0.626.